The molecular formula is C23H28N4O2. The second-order valence-corrected chi connectivity index (χ2v) is 8.39. The Morgan fingerprint density at radius 2 is 1.62 bits per heavy atom. The van der Waals surface area contributed by atoms with Crippen LogP contribution >= 0.6 is 0 Å². The van der Waals surface area contributed by atoms with Crippen molar-refractivity contribution < 1.29 is 9.53 Å². The summed E-state index contributed by atoms with van der Waals surface area (Å²) in [6.07, 6.45) is 11.6. The third kappa shape index (κ3) is 3.99. The van der Waals surface area contributed by atoms with Gasteiger partial charge < -0.3 is 9.64 Å². The summed E-state index contributed by atoms with van der Waals surface area (Å²) in [5.74, 6) is 1.53. The van der Waals surface area contributed by atoms with Gasteiger partial charge in [0.2, 0.25) is 5.82 Å². The molecule has 29 heavy (non-hydrogen) atoms. The number of ether oxygens (including phenoxy) is 1. The lowest BCUT2D eigenvalue weighted by Crippen LogP contribution is -2.41. The second-order valence-electron chi connectivity index (χ2n) is 8.39. The smallest absolute Gasteiger partial charge is 0.291 e. The Labute approximate surface area is 171 Å². The van der Waals surface area contributed by atoms with Crippen molar-refractivity contribution in [3.8, 4) is 11.5 Å². The van der Waals surface area contributed by atoms with E-state index in [1.165, 1.54) is 30.4 Å². The van der Waals surface area contributed by atoms with Gasteiger partial charge in [-0.15, -0.1) is 0 Å². The number of rotatable bonds is 4. The number of hydrogen-bond donors (Lipinski definition) is 0. The monoisotopic (exact) mass is 392 g/mol. The molecule has 1 aliphatic carbocycles. The highest BCUT2D eigenvalue weighted by atomic mass is 16.5. The van der Waals surface area contributed by atoms with E-state index in [0.29, 0.717) is 5.75 Å². The lowest BCUT2D eigenvalue weighted by molar-refractivity contribution is 0.0780. The zero-order valence-electron chi connectivity index (χ0n) is 16.8. The summed E-state index contributed by atoms with van der Waals surface area (Å²) in [6, 6.07) is 7.18. The van der Waals surface area contributed by atoms with Crippen molar-refractivity contribution in [3.63, 3.8) is 0 Å². The average molecular weight is 393 g/mol. The highest BCUT2D eigenvalue weighted by molar-refractivity contribution is 5.90. The van der Waals surface area contributed by atoms with E-state index >= 15 is 0 Å². The first-order valence-electron chi connectivity index (χ1n) is 10.9. The van der Waals surface area contributed by atoms with Gasteiger partial charge in [-0.05, 0) is 61.8 Å². The predicted octanol–water partition coefficient (Wildman–Crippen LogP) is 3.46. The van der Waals surface area contributed by atoms with Crippen LogP contribution < -0.4 is 4.74 Å². The molecule has 5 rings (SSSR count). The number of carbonyl (C=O) groups excluding carboxylic acids is 1. The molecule has 152 valence electrons. The van der Waals surface area contributed by atoms with Crippen molar-refractivity contribution in [2.45, 2.75) is 51.0 Å². The van der Waals surface area contributed by atoms with E-state index in [9.17, 15) is 4.79 Å². The lowest BCUT2D eigenvalue weighted by atomic mass is 9.91. The zero-order chi connectivity index (χ0) is 19.6. The molecule has 0 unspecified atom stereocenters. The summed E-state index contributed by atoms with van der Waals surface area (Å²) in [7, 11) is 0. The second kappa shape index (κ2) is 8.11. The molecule has 1 aromatic carbocycles. The maximum atomic E-state index is 12.4. The van der Waals surface area contributed by atoms with Gasteiger partial charge in [-0.2, -0.15) is 0 Å². The lowest BCUT2D eigenvalue weighted by Gasteiger charge is -2.36. The molecule has 0 spiro atoms. The van der Waals surface area contributed by atoms with Gasteiger partial charge in [-0.1, -0.05) is 12.5 Å². The molecule has 1 saturated carbocycles. The van der Waals surface area contributed by atoms with Crippen LogP contribution in [0.1, 0.15) is 53.8 Å². The molecule has 1 saturated heterocycles. The summed E-state index contributed by atoms with van der Waals surface area (Å²) >= 11 is 0. The summed E-state index contributed by atoms with van der Waals surface area (Å²) < 4.78 is 5.99. The fourth-order valence-electron chi connectivity index (χ4n) is 4.58. The Kier molecular flexibility index (Phi) is 5.19. The first-order chi connectivity index (χ1) is 14.3. The minimum absolute atomic E-state index is 0.0879. The van der Waals surface area contributed by atoms with E-state index < -0.39 is 0 Å². The van der Waals surface area contributed by atoms with Gasteiger partial charge >= 0.3 is 0 Å². The van der Waals surface area contributed by atoms with E-state index in [4.69, 9.17) is 4.74 Å². The van der Waals surface area contributed by atoms with E-state index in [1.54, 1.807) is 12.4 Å². The van der Waals surface area contributed by atoms with Crippen molar-refractivity contribution in [1.82, 2.24) is 19.8 Å². The van der Waals surface area contributed by atoms with Gasteiger partial charge in [0.25, 0.3) is 5.91 Å². The van der Waals surface area contributed by atoms with Crippen LogP contribution in [0.5, 0.6) is 11.5 Å². The molecule has 6 nitrogen and oxygen atoms in total. The largest absolute Gasteiger partial charge is 0.454 e. The van der Waals surface area contributed by atoms with Crippen molar-refractivity contribution in [1.29, 1.82) is 0 Å². The van der Waals surface area contributed by atoms with Gasteiger partial charge in [0, 0.05) is 32.2 Å². The van der Waals surface area contributed by atoms with Crippen LogP contribution in [0.15, 0.2) is 30.6 Å². The first-order valence-corrected chi connectivity index (χ1v) is 10.9. The molecule has 0 atom stereocenters. The number of hydrogen-bond acceptors (Lipinski definition) is 5. The Morgan fingerprint density at radius 1 is 0.897 bits per heavy atom. The summed E-state index contributed by atoms with van der Waals surface area (Å²) in [4.78, 5) is 25.3. The third-order valence-corrected chi connectivity index (χ3v) is 6.55. The summed E-state index contributed by atoms with van der Waals surface area (Å²) in [5, 5.41) is 0. The Hall–Kier alpha value is -2.47. The topological polar surface area (TPSA) is 58.6 Å². The van der Waals surface area contributed by atoms with Crippen molar-refractivity contribution in [3.05, 3.63) is 47.5 Å². The van der Waals surface area contributed by atoms with Crippen LogP contribution in [0.4, 0.5) is 0 Å². The van der Waals surface area contributed by atoms with Crippen LogP contribution in [0, 0.1) is 0 Å². The van der Waals surface area contributed by atoms with Crippen LogP contribution in [0.2, 0.25) is 0 Å². The summed E-state index contributed by atoms with van der Waals surface area (Å²) in [5.41, 5.74) is 2.81. The molecule has 0 N–H and O–H groups in total. The fraction of sp³-hybridized carbons (Fsp3) is 0.522. The zero-order valence-corrected chi connectivity index (χ0v) is 16.8. The highest BCUT2D eigenvalue weighted by Gasteiger charge is 2.26. The SMILES string of the molecule is O=C(c1ncc(Oc2ccc3c(c2)CCN(C2CCC2)CC3)cn1)N1CCCC1. The van der Waals surface area contributed by atoms with E-state index in [-0.39, 0.29) is 11.7 Å². The number of fused-ring (bicyclic) bond motifs is 1. The molecule has 2 aromatic rings. The number of benzene rings is 1. The molecule has 3 heterocycles. The Bertz CT molecular complexity index is 873. The van der Waals surface area contributed by atoms with Gasteiger partial charge in [0.05, 0.1) is 12.4 Å². The number of nitrogens with zero attached hydrogens (tertiary/aromatic N) is 4. The highest BCUT2D eigenvalue weighted by Crippen LogP contribution is 2.29. The first kappa shape index (κ1) is 18.6. The molecular weight excluding hydrogens is 364 g/mol. The standard InChI is InChI=1S/C23H28N4O2/c28-23(27-10-1-2-11-27)22-24-15-21(16-25-22)29-20-7-6-17-8-12-26(19-4-3-5-19)13-9-18(17)14-20/h6-7,14-16,19H,1-5,8-13H2. The molecule has 1 aromatic heterocycles. The number of likely N-dealkylation sites (tertiary alicyclic amines) is 1. The molecule has 2 aliphatic heterocycles. The molecule has 0 bridgehead atoms. The normalized spacial score (nSPS) is 20.1. The van der Waals surface area contributed by atoms with Crippen molar-refractivity contribution in [2.24, 2.45) is 0 Å². The van der Waals surface area contributed by atoms with Gasteiger partial charge in [-0.25, -0.2) is 9.97 Å². The molecule has 3 aliphatic rings. The van der Waals surface area contributed by atoms with E-state index in [2.05, 4.69) is 27.0 Å². The van der Waals surface area contributed by atoms with E-state index in [0.717, 1.165) is 63.7 Å². The van der Waals surface area contributed by atoms with Crippen LogP contribution in [-0.2, 0) is 12.8 Å². The van der Waals surface area contributed by atoms with Crippen LogP contribution in [0.3, 0.4) is 0 Å². The van der Waals surface area contributed by atoms with Crippen molar-refractivity contribution >= 4 is 5.91 Å². The minimum Gasteiger partial charge on any atom is -0.454 e. The number of aromatic nitrogens is 2. The number of carbonyl (C=O) groups is 1. The summed E-state index contributed by atoms with van der Waals surface area (Å²) in [6.45, 7) is 3.90. The molecule has 2 fully saturated rings. The Morgan fingerprint density at radius 3 is 2.31 bits per heavy atom. The third-order valence-electron chi connectivity index (χ3n) is 6.55. The molecule has 1 amide bonds. The molecule has 0 radical (unpaired) electrons. The van der Waals surface area contributed by atoms with Crippen LogP contribution in [0.25, 0.3) is 0 Å². The van der Waals surface area contributed by atoms with Gasteiger partial charge in [0.15, 0.2) is 5.75 Å². The number of amides is 1. The van der Waals surface area contributed by atoms with Gasteiger partial charge in [0.1, 0.15) is 5.75 Å². The predicted molar refractivity (Wildman–Crippen MR) is 110 cm³/mol. The fourth-order valence-corrected chi connectivity index (χ4v) is 4.58. The van der Waals surface area contributed by atoms with Crippen molar-refractivity contribution in [2.75, 3.05) is 26.2 Å². The average Bonchev–Trinajstić information content (AvgIpc) is 3.17. The maximum absolute atomic E-state index is 12.4. The minimum atomic E-state index is -0.0879. The molecule has 6 heteroatoms. The van der Waals surface area contributed by atoms with E-state index in [1.807, 2.05) is 11.0 Å². The quantitative estimate of drug-likeness (QED) is 0.798. The maximum Gasteiger partial charge on any atom is 0.291 e. The van der Waals surface area contributed by atoms with Crippen LogP contribution in [-0.4, -0.2) is 57.9 Å². The Balaban J connectivity index is 1.24. The van der Waals surface area contributed by atoms with Gasteiger partial charge in [-0.3, -0.25) is 9.69 Å².